The molecule has 1 aromatic rings. The van der Waals surface area contributed by atoms with E-state index in [1.807, 2.05) is 0 Å². The molecule has 0 bridgehead atoms. The van der Waals surface area contributed by atoms with Crippen LogP contribution in [-0.4, -0.2) is 18.2 Å². The highest BCUT2D eigenvalue weighted by Gasteiger charge is 2.37. The number of amides is 1. The van der Waals surface area contributed by atoms with Crippen molar-refractivity contribution in [3.63, 3.8) is 0 Å². The van der Waals surface area contributed by atoms with Gasteiger partial charge in [0.1, 0.15) is 5.75 Å². The normalized spacial score (nSPS) is 24.6. The van der Waals surface area contributed by atoms with Gasteiger partial charge < -0.3 is 4.74 Å². The Kier molecular flexibility index (Phi) is 4.17. The molecule has 2 atom stereocenters. The first kappa shape index (κ1) is 14.4. The van der Waals surface area contributed by atoms with E-state index in [0.717, 1.165) is 18.6 Å². The zero-order valence-electron chi connectivity index (χ0n) is 11.2. The molecule has 3 rings (SSSR count). The molecule has 0 aliphatic heterocycles. The Morgan fingerprint density at radius 1 is 1.43 bits per heavy atom. The van der Waals surface area contributed by atoms with E-state index in [1.165, 1.54) is 0 Å². The summed E-state index contributed by atoms with van der Waals surface area (Å²) in [5, 5.41) is 5.06. The van der Waals surface area contributed by atoms with Crippen molar-refractivity contribution in [2.24, 2.45) is 16.9 Å². The second-order valence-corrected chi connectivity index (χ2v) is 5.98. The van der Waals surface area contributed by atoms with Crippen molar-refractivity contribution in [2.75, 3.05) is 6.61 Å². The molecule has 1 aromatic carbocycles. The summed E-state index contributed by atoms with van der Waals surface area (Å²) in [4.78, 5) is 11.7. The maximum atomic E-state index is 11.7. The van der Waals surface area contributed by atoms with E-state index >= 15 is 0 Å². The van der Waals surface area contributed by atoms with Crippen molar-refractivity contribution in [2.45, 2.75) is 12.8 Å². The van der Waals surface area contributed by atoms with E-state index < -0.39 is 0 Å². The number of benzene rings is 1. The second-order valence-electron chi connectivity index (χ2n) is 5.14. The number of carbonyl (C=O) groups is 1. The molecule has 4 nitrogen and oxygen atoms in total. The number of allylic oxidation sites excluding steroid dienone is 2. The molecule has 1 saturated carbocycles. The maximum Gasteiger partial charge on any atom is 0.277 e. The van der Waals surface area contributed by atoms with Gasteiger partial charge in [0.15, 0.2) is 6.61 Å². The summed E-state index contributed by atoms with van der Waals surface area (Å²) in [6.07, 6.45) is 6.35. The van der Waals surface area contributed by atoms with Crippen LogP contribution in [0.1, 0.15) is 12.8 Å². The van der Waals surface area contributed by atoms with Crippen LogP contribution in [0.5, 0.6) is 5.75 Å². The minimum atomic E-state index is -0.303. The number of carbonyl (C=O) groups excluding carboxylic acids is 1. The number of nitrogens with zero attached hydrogens (tertiary/aromatic N) is 1. The topological polar surface area (TPSA) is 50.7 Å². The van der Waals surface area contributed by atoms with Crippen LogP contribution in [0.2, 0.25) is 10.0 Å². The van der Waals surface area contributed by atoms with Gasteiger partial charge in [0.25, 0.3) is 5.91 Å². The predicted molar refractivity (Wildman–Crippen MR) is 82.9 cm³/mol. The highest BCUT2D eigenvalue weighted by molar-refractivity contribution is 6.35. The number of hydrogen-bond acceptors (Lipinski definition) is 3. The number of fused-ring (bicyclic) bond motifs is 1. The van der Waals surface area contributed by atoms with Crippen LogP contribution in [0.4, 0.5) is 0 Å². The molecule has 2 aliphatic carbocycles. The van der Waals surface area contributed by atoms with E-state index in [0.29, 0.717) is 27.6 Å². The molecule has 110 valence electrons. The van der Waals surface area contributed by atoms with E-state index in [1.54, 1.807) is 18.2 Å². The first-order valence-electron chi connectivity index (χ1n) is 6.73. The smallest absolute Gasteiger partial charge is 0.277 e. The lowest BCUT2D eigenvalue weighted by atomic mass is 9.74. The van der Waals surface area contributed by atoms with Gasteiger partial charge in [0.2, 0.25) is 0 Å². The summed E-state index contributed by atoms with van der Waals surface area (Å²) in [7, 11) is 0. The lowest BCUT2D eigenvalue weighted by Gasteiger charge is -2.31. The molecule has 2 aliphatic rings. The molecular weight excluding hydrogens is 311 g/mol. The number of rotatable bonds is 4. The Morgan fingerprint density at radius 3 is 3.05 bits per heavy atom. The first-order chi connectivity index (χ1) is 10.1. The van der Waals surface area contributed by atoms with Gasteiger partial charge >= 0.3 is 0 Å². The predicted octanol–water partition coefficient (Wildman–Crippen LogP) is 3.44. The molecular formula is C15H14Cl2N2O2. The van der Waals surface area contributed by atoms with E-state index in [4.69, 9.17) is 27.9 Å². The van der Waals surface area contributed by atoms with E-state index in [2.05, 4.69) is 22.7 Å². The molecule has 6 heteroatoms. The second kappa shape index (κ2) is 6.08. The third-order valence-corrected chi connectivity index (χ3v) is 4.27. The highest BCUT2D eigenvalue weighted by Crippen LogP contribution is 2.40. The van der Waals surface area contributed by atoms with Crippen molar-refractivity contribution in [3.05, 3.63) is 40.4 Å². The van der Waals surface area contributed by atoms with Crippen LogP contribution in [0.25, 0.3) is 0 Å². The van der Waals surface area contributed by atoms with Crippen LogP contribution in [0, 0.1) is 11.8 Å². The highest BCUT2D eigenvalue weighted by atomic mass is 35.5. The summed E-state index contributed by atoms with van der Waals surface area (Å²) in [6, 6.07) is 4.85. The standard InChI is InChI=1S/C15H14Cl2N2O2/c16-10-4-5-14(12(17)7-10)21-8-15(20)19-18-13-6-9-2-1-3-11(9)13/h1-2,4-5,7,9,11H,3,6,8H2,(H,19,20)/b18-13-/t9-,11-/m1/s1. The molecule has 0 heterocycles. The Morgan fingerprint density at radius 2 is 2.29 bits per heavy atom. The summed E-state index contributed by atoms with van der Waals surface area (Å²) in [5.74, 6) is 1.22. The minimum absolute atomic E-state index is 0.134. The fourth-order valence-electron chi connectivity index (χ4n) is 2.57. The molecule has 0 saturated heterocycles. The largest absolute Gasteiger partial charge is 0.482 e. The van der Waals surface area contributed by atoms with Crippen LogP contribution in [-0.2, 0) is 4.79 Å². The van der Waals surface area contributed by atoms with Gasteiger partial charge in [0.05, 0.1) is 5.02 Å². The van der Waals surface area contributed by atoms with E-state index in [-0.39, 0.29) is 12.5 Å². The molecule has 1 amide bonds. The molecule has 0 radical (unpaired) electrons. The molecule has 0 aromatic heterocycles. The lowest BCUT2D eigenvalue weighted by Crippen LogP contribution is -2.36. The lowest BCUT2D eigenvalue weighted by molar-refractivity contribution is -0.123. The van der Waals surface area contributed by atoms with Crippen LogP contribution in [0.15, 0.2) is 35.5 Å². The molecule has 1 fully saturated rings. The monoisotopic (exact) mass is 324 g/mol. The maximum absolute atomic E-state index is 11.7. The summed E-state index contributed by atoms with van der Waals surface area (Å²) in [6.45, 7) is -0.134. The minimum Gasteiger partial charge on any atom is -0.482 e. The van der Waals surface area contributed by atoms with Gasteiger partial charge in [-0.1, -0.05) is 35.4 Å². The Labute approximate surface area is 132 Å². The Hall–Kier alpha value is -1.52. The number of hydrazone groups is 1. The zero-order valence-corrected chi connectivity index (χ0v) is 12.7. The number of halogens is 2. The molecule has 1 N–H and O–H groups in total. The fourth-order valence-corrected chi connectivity index (χ4v) is 3.03. The third-order valence-electron chi connectivity index (χ3n) is 3.74. The van der Waals surface area contributed by atoms with Crippen LogP contribution in [0.3, 0.4) is 0 Å². The zero-order chi connectivity index (χ0) is 14.8. The average molecular weight is 325 g/mol. The van der Waals surface area contributed by atoms with Gasteiger partial charge in [-0.05, 0) is 37.0 Å². The van der Waals surface area contributed by atoms with Crippen molar-refractivity contribution >= 4 is 34.8 Å². The van der Waals surface area contributed by atoms with Crippen LogP contribution >= 0.6 is 23.2 Å². The van der Waals surface area contributed by atoms with Gasteiger partial charge in [0, 0.05) is 16.7 Å². The van der Waals surface area contributed by atoms with Crippen molar-refractivity contribution < 1.29 is 9.53 Å². The molecule has 0 unspecified atom stereocenters. The first-order valence-corrected chi connectivity index (χ1v) is 7.49. The van der Waals surface area contributed by atoms with Gasteiger partial charge in [-0.15, -0.1) is 0 Å². The van der Waals surface area contributed by atoms with Crippen molar-refractivity contribution in [3.8, 4) is 5.75 Å². The van der Waals surface area contributed by atoms with Crippen molar-refractivity contribution in [1.82, 2.24) is 5.43 Å². The quantitative estimate of drug-likeness (QED) is 0.681. The SMILES string of the molecule is O=C(COc1ccc(Cl)cc1Cl)N/N=C1/C[C@H]2C=CC[C@@H]12. The van der Waals surface area contributed by atoms with Gasteiger partial charge in [-0.25, -0.2) is 5.43 Å². The summed E-state index contributed by atoms with van der Waals surface area (Å²) >= 11 is 11.7. The average Bonchev–Trinajstić information content (AvgIpc) is 2.79. The molecule has 0 spiro atoms. The Balaban J connectivity index is 1.47. The number of ether oxygens (including phenoxy) is 1. The van der Waals surface area contributed by atoms with Gasteiger partial charge in [-0.3, -0.25) is 4.79 Å². The summed E-state index contributed by atoms with van der Waals surface area (Å²) < 4.78 is 5.34. The third kappa shape index (κ3) is 3.22. The van der Waals surface area contributed by atoms with Crippen LogP contribution < -0.4 is 10.2 Å². The molecule has 21 heavy (non-hydrogen) atoms. The van der Waals surface area contributed by atoms with E-state index in [9.17, 15) is 4.79 Å². The summed E-state index contributed by atoms with van der Waals surface area (Å²) in [5.41, 5.74) is 3.58. The Bertz CT molecular complexity index is 628. The van der Waals surface area contributed by atoms with Gasteiger partial charge in [-0.2, -0.15) is 5.10 Å². The number of nitrogens with one attached hydrogen (secondary N) is 1. The number of hydrogen-bond donors (Lipinski definition) is 1. The fraction of sp³-hybridized carbons (Fsp3) is 0.333. The van der Waals surface area contributed by atoms with Crippen molar-refractivity contribution in [1.29, 1.82) is 0 Å².